The van der Waals surface area contributed by atoms with E-state index in [4.69, 9.17) is 0 Å². The first-order valence-corrected chi connectivity index (χ1v) is 11.4. The molecule has 0 bridgehead atoms. The Morgan fingerprint density at radius 3 is 2.50 bits per heavy atom. The van der Waals surface area contributed by atoms with Crippen molar-refractivity contribution in [3.63, 3.8) is 0 Å². The SMILES string of the molecule is O=C(NC1CCCCC1)c1cccc(CN(c2ccc3ccccc3c2)S(=O)O)c1. The van der Waals surface area contributed by atoms with Gasteiger partial charge in [-0.3, -0.25) is 13.7 Å². The molecule has 1 saturated carbocycles. The molecule has 5 nitrogen and oxygen atoms in total. The first-order valence-electron chi connectivity index (χ1n) is 10.4. The van der Waals surface area contributed by atoms with Gasteiger partial charge >= 0.3 is 0 Å². The predicted molar refractivity (Wildman–Crippen MR) is 122 cm³/mol. The summed E-state index contributed by atoms with van der Waals surface area (Å²) in [5.41, 5.74) is 2.05. The summed E-state index contributed by atoms with van der Waals surface area (Å²) in [6.07, 6.45) is 5.63. The van der Waals surface area contributed by atoms with Crippen molar-refractivity contribution < 1.29 is 13.6 Å². The maximum atomic E-state index is 12.7. The number of carbonyl (C=O) groups is 1. The fraction of sp³-hybridized carbons (Fsp3) is 0.292. The Bertz CT molecular complexity index is 1060. The van der Waals surface area contributed by atoms with Gasteiger partial charge in [0.25, 0.3) is 17.2 Å². The van der Waals surface area contributed by atoms with Gasteiger partial charge in [-0.05, 0) is 53.4 Å². The molecule has 0 saturated heterocycles. The third-order valence-corrected chi connectivity index (χ3v) is 6.38. The smallest absolute Gasteiger partial charge is 0.262 e. The minimum absolute atomic E-state index is 0.0777. The molecule has 1 aliphatic carbocycles. The highest BCUT2D eigenvalue weighted by Crippen LogP contribution is 2.25. The highest BCUT2D eigenvalue weighted by atomic mass is 32.2. The molecule has 2 N–H and O–H groups in total. The Hall–Kier alpha value is -2.70. The molecule has 3 aromatic rings. The van der Waals surface area contributed by atoms with Gasteiger partial charge in [0.1, 0.15) is 0 Å². The Morgan fingerprint density at radius 1 is 0.967 bits per heavy atom. The Labute approximate surface area is 179 Å². The second-order valence-electron chi connectivity index (χ2n) is 7.81. The average molecular weight is 423 g/mol. The van der Waals surface area contributed by atoms with Crippen molar-refractivity contribution in [3.8, 4) is 0 Å². The number of nitrogens with zero attached hydrogens (tertiary/aromatic N) is 1. The molecule has 6 heteroatoms. The largest absolute Gasteiger partial charge is 0.349 e. The number of benzene rings is 3. The Balaban J connectivity index is 1.52. The van der Waals surface area contributed by atoms with E-state index in [1.807, 2.05) is 54.6 Å². The van der Waals surface area contributed by atoms with Crippen LogP contribution in [0.3, 0.4) is 0 Å². The standard InChI is InChI=1S/C24H26N2O3S/c27-24(25-22-11-2-1-3-12-22)21-10-6-7-18(15-21)17-26(30(28)29)23-14-13-19-8-4-5-9-20(19)16-23/h4-10,13-16,22H,1-3,11-12,17H2,(H,25,27)(H,28,29). The lowest BCUT2D eigenvalue weighted by atomic mass is 9.95. The molecular formula is C24H26N2O3S. The first kappa shape index (κ1) is 20.6. The van der Waals surface area contributed by atoms with E-state index in [2.05, 4.69) is 5.32 Å². The zero-order valence-electron chi connectivity index (χ0n) is 16.8. The summed E-state index contributed by atoms with van der Waals surface area (Å²) in [6.45, 7) is 0.228. The van der Waals surface area contributed by atoms with Crippen molar-refractivity contribution in [2.24, 2.45) is 0 Å². The molecule has 0 aliphatic heterocycles. The van der Waals surface area contributed by atoms with Gasteiger partial charge < -0.3 is 5.32 Å². The fourth-order valence-electron chi connectivity index (χ4n) is 4.06. The lowest BCUT2D eigenvalue weighted by molar-refractivity contribution is 0.0927. The van der Waals surface area contributed by atoms with Gasteiger partial charge in [0.05, 0.1) is 12.2 Å². The third kappa shape index (κ3) is 4.89. The number of hydrogen-bond donors (Lipinski definition) is 2. The molecular weight excluding hydrogens is 396 g/mol. The van der Waals surface area contributed by atoms with Crippen LogP contribution in [0.15, 0.2) is 66.7 Å². The van der Waals surface area contributed by atoms with Crippen molar-refractivity contribution in [1.29, 1.82) is 0 Å². The van der Waals surface area contributed by atoms with Crippen molar-refractivity contribution in [1.82, 2.24) is 5.32 Å². The van der Waals surface area contributed by atoms with Crippen molar-refractivity contribution >= 4 is 33.6 Å². The van der Waals surface area contributed by atoms with Gasteiger partial charge in [0.2, 0.25) is 0 Å². The number of carbonyl (C=O) groups excluding carboxylic acids is 1. The molecule has 0 heterocycles. The summed E-state index contributed by atoms with van der Waals surface area (Å²) in [7, 11) is 0. The van der Waals surface area contributed by atoms with E-state index in [0.717, 1.165) is 42.0 Å². The number of hydrogen-bond acceptors (Lipinski definition) is 2. The van der Waals surface area contributed by atoms with E-state index < -0.39 is 11.3 Å². The zero-order valence-corrected chi connectivity index (χ0v) is 17.6. The fourth-order valence-corrected chi connectivity index (χ4v) is 4.61. The monoisotopic (exact) mass is 422 g/mol. The Morgan fingerprint density at radius 2 is 1.73 bits per heavy atom. The second-order valence-corrected chi connectivity index (χ2v) is 8.71. The molecule has 1 aliphatic rings. The average Bonchev–Trinajstić information content (AvgIpc) is 2.78. The summed E-state index contributed by atoms with van der Waals surface area (Å²) in [5, 5.41) is 5.21. The predicted octanol–water partition coefficient (Wildman–Crippen LogP) is 5.05. The number of fused-ring (bicyclic) bond motifs is 1. The molecule has 1 atom stereocenters. The minimum atomic E-state index is -2.19. The molecule has 0 aromatic heterocycles. The normalized spacial score (nSPS) is 15.6. The molecule has 30 heavy (non-hydrogen) atoms. The van der Waals surface area contributed by atoms with Crippen LogP contribution in [0.2, 0.25) is 0 Å². The number of nitrogens with one attached hydrogen (secondary N) is 1. The third-order valence-electron chi connectivity index (χ3n) is 5.67. The molecule has 3 aromatic carbocycles. The summed E-state index contributed by atoms with van der Waals surface area (Å²) in [5.74, 6) is -0.0777. The lowest BCUT2D eigenvalue weighted by Gasteiger charge is -2.23. The van der Waals surface area contributed by atoms with Crippen molar-refractivity contribution in [3.05, 3.63) is 77.9 Å². The number of anilines is 1. The van der Waals surface area contributed by atoms with Gasteiger partial charge in [0, 0.05) is 11.6 Å². The molecule has 1 fully saturated rings. The maximum absolute atomic E-state index is 12.7. The molecule has 1 unspecified atom stereocenters. The van der Waals surface area contributed by atoms with Crippen molar-refractivity contribution in [2.45, 2.75) is 44.7 Å². The van der Waals surface area contributed by atoms with E-state index in [1.54, 1.807) is 12.1 Å². The van der Waals surface area contributed by atoms with Crippen LogP contribution in [-0.2, 0) is 17.8 Å². The van der Waals surface area contributed by atoms with Gasteiger partial charge in [-0.2, -0.15) is 0 Å². The van der Waals surface area contributed by atoms with E-state index in [0.29, 0.717) is 11.3 Å². The second kappa shape index (κ2) is 9.41. The van der Waals surface area contributed by atoms with Crippen LogP contribution in [0, 0.1) is 0 Å². The van der Waals surface area contributed by atoms with Gasteiger partial charge in [0.15, 0.2) is 0 Å². The van der Waals surface area contributed by atoms with Crippen LogP contribution in [0.25, 0.3) is 10.8 Å². The number of amides is 1. The molecule has 0 spiro atoms. The summed E-state index contributed by atoms with van der Waals surface area (Å²) in [6, 6.07) is 21.1. The quantitative estimate of drug-likeness (QED) is 0.547. The summed E-state index contributed by atoms with van der Waals surface area (Å²) in [4.78, 5) is 12.7. The van der Waals surface area contributed by atoms with Gasteiger partial charge in [-0.25, -0.2) is 4.21 Å². The lowest BCUT2D eigenvalue weighted by Crippen LogP contribution is -2.36. The molecule has 0 radical (unpaired) electrons. The summed E-state index contributed by atoms with van der Waals surface area (Å²) >= 11 is -2.19. The highest BCUT2D eigenvalue weighted by molar-refractivity contribution is 7.80. The molecule has 156 valence electrons. The first-order chi connectivity index (χ1) is 14.6. The molecule has 1 amide bonds. The Kier molecular flexibility index (Phi) is 6.45. The maximum Gasteiger partial charge on any atom is 0.262 e. The minimum Gasteiger partial charge on any atom is -0.349 e. The van der Waals surface area contributed by atoms with Crippen LogP contribution in [-0.4, -0.2) is 20.7 Å². The van der Waals surface area contributed by atoms with Crippen LogP contribution in [0.4, 0.5) is 5.69 Å². The van der Waals surface area contributed by atoms with Gasteiger partial charge in [-0.15, -0.1) is 0 Å². The highest BCUT2D eigenvalue weighted by Gasteiger charge is 2.18. The van der Waals surface area contributed by atoms with E-state index in [9.17, 15) is 13.6 Å². The van der Waals surface area contributed by atoms with E-state index in [1.165, 1.54) is 10.7 Å². The summed E-state index contributed by atoms with van der Waals surface area (Å²) < 4.78 is 23.4. The zero-order chi connectivity index (χ0) is 20.9. The van der Waals surface area contributed by atoms with Crippen LogP contribution in [0.5, 0.6) is 0 Å². The van der Waals surface area contributed by atoms with Crippen LogP contribution >= 0.6 is 0 Å². The molecule has 4 rings (SSSR count). The van der Waals surface area contributed by atoms with Crippen LogP contribution < -0.4 is 9.62 Å². The topological polar surface area (TPSA) is 69.6 Å². The van der Waals surface area contributed by atoms with E-state index in [-0.39, 0.29) is 18.5 Å². The van der Waals surface area contributed by atoms with Crippen LogP contribution in [0.1, 0.15) is 48.0 Å². The van der Waals surface area contributed by atoms with E-state index >= 15 is 0 Å². The van der Waals surface area contributed by atoms with Gasteiger partial charge in [-0.1, -0.05) is 61.7 Å². The van der Waals surface area contributed by atoms with Crippen molar-refractivity contribution in [2.75, 3.05) is 4.31 Å². The number of rotatable bonds is 6.